The lowest BCUT2D eigenvalue weighted by molar-refractivity contribution is -0.129. The Morgan fingerprint density at radius 2 is 1.70 bits per heavy atom. The number of nitrogens with zero attached hydrogens (tertiary/aromatic N) is 2. The van der Waals surface area contributed by atoms with Gasteiger partial charge in [0, 0.05) is 19.6 Å². The van der Waals surface area contributed by atoms with Crippen LogP contribution in [0.15, 0.2) is 83.8 Å². The van der Waals surface area contributed by atoms with Gasteiger partial charge in [-0.2, -0.15) is 4.31 Å². The topological polar surface area (TPSA) is 105 Å². The molecule has 0 spiro atoms. The Labute approximate surface area is 234 Å². The maximum Gasteiger partial charge on any atom is 0.263 e. The standard InChI is InChI=1S/C30H33N3O6S/c1-2-38-24-14-16-25(17-15-24)40(36,37)32-18-8-11-23(20-32)30(35)33-21-28(39-27-13-7-6-12-26(27)33)29(34)31-19-22-9-4-3-5-10-22/h3-7,9-10,12-17,23,28H,2,8,11,18-21H2,1H3,(H,31,34)/t23-,28-/m0/s1. The van der Waals surface area contributed by atoms with Gasteiger partial charge in [-0.05, 0) is 61.7 Å². The summed E-state index contributed by atoms with van der Waals surface area (Å²) < 4.78 is 39.6. The van der Waals surface area contributed by atoms with Gasteiger partial charge in [0.1, 0.15) is 11.5 Å². The fraction of sp³-hybridized carbons (Fsp3) is 0.333. The molecule has 0 unspecified atom stereocenters. The number of anilines is 1. The van der Waals surface area contributed by atoms with Gasteiger partial charge in [0.05, 0.1) is 29.7 Å². The fourth-order valence-corrected chi connectivity index (χ4v) is 6.61. The molecule has 40 heavy (non-hydrogen) atoms. The molecule has 2 atom stereocenters. The minimum Gasteiger partial charge on any atom is -0.494 e. The van der Waals surface area contributed by atoms with Crippen molar-refractivity contribution in [3.05, 3.63) is 84.4 Å². The van der Waals surface area contributed by atoms with Gasteiger partial charge in [0.25, 0.3) is 5.91 Å². The minimum absolute atomic E-state index is 0.0403. The smallest absolute Gasteiger partial charge is 0.263 e. The van der Waals surface area contributed by atoms with Gasteiger partial charge in [-0.15, -0.1) is 0 Å². The van der Waals surface area contributed by atoms with E-state index in [-0.39, 0.29) is 29.8 Å². The molecule has 1 fully saturated rings. The van der Waals surface area contributed by atoms with E-state index in [0.29, 0.717) is 49.7 Å². The van der Waals surface area contributed by atoms with E-state index in [4.69, 9.17) is 9.47 Å². The molecule has 2 heterocycles. The Bertz CT molecular complexity index is 1450. The SMILES string of the molecule is CCOc1ccc(S(=O)(=O)N2CCC[C@H](C(=O)N3C[C@@H](C(=O)NCc4ccccc4)Oc4ccccc43)C2)cc1. The van der Waals surface area contributed by atoms with Gasteiger partial charge in [-0.3, -0.25) is 9.59 Å². The number of nitrogens with one attached hydrogen (secondary N) is 1. The Balaban J connectivity index is 1.31. The lowest BCUT2D eigenvalue weighted by Gasteiger charge is -2.38. The molecular weight excluding hydrogens is 530 g/mol. The van der Waals surface area contributed by atoms with E-state index in [1.54, 1.807) is 35.2 Å². The summed E-state index contributed by atoms with van der Waals surface area (Å²) >= 11 is 0. The van der Waals surface area contributed by atoms with E-state index in [2.05, 4.69) is 5.32 Å². The maximum atomic E-state index is 13.9. The molecule has 10 heteroatoms. The molecule has 1 N–H and O–H groups in total. The van der Waals surface area contributed by atoms with Crippen LogP contribution in [0.2, 0.25) is 0 Å². The van der Waals surface area contributed by atoms with Gasteiger partial charge in [-0.25, -0.2) is 8.42 Å². The lowest BCUT2D eigenvalue weighted by atomic mass is 9.97. The van der Waals surface area contributed by atoms with Crippen LogP contribution in [0.3, 0.4) is 0 Å². The summed E-state index contributed by atoms with van der Waals surface area (Å²) in [6, 6.07) is 23.0. The molecule has 0 aliphatic carbocycles. The minimum atomic E-state index is -3.79. The van der Waals surface area contributed by atoms with Gasteiger partial charge in [-0.1, -0.05) is 42.5 Å². The van der Waals surface area contributed by atoms with Crippen LogP contribution in [0.5, 0.6) is 11.5 Å². The fourth-order valence-electron chi connectivity index (χ4n) is 5.08. The molecule has 3 aromatic carbocycles. The summed E-state index contributed by atoms with van der Waals surface area (Å²) in [5, 5.41) is 2.90. The van der Waals surface area contributed by atoms with Crippen molar-refractivity contribution < 1.29 is 27.5 Å². The summed E-state index contributed by atoms with van der Waals surface area (Å²) in [6.45, 7) is 3.14. The largest absolute Gasteiger partial charge is 0.494 e. The first-order valence-electron chi connectivity index (χ1n) is 13.5. The summed E-state index contributed by atoms with van der Waals surface area (Å²) in [7, 11) is -3.79. The second-order valence-corrected chi connectivity index (χ2v) is 11.8. The normalized spacial score (nSPS) is 19.3. The highest BCUT2D eigenvalue weighted by molar-refractivity contribution is 7.89. The average molecular weight is 564 g/mol. The quantitative estimate of drug-likeness (QED) is 0.449. The molecule has 0 bridgehead atoms. The second kappa shape index (κ2) is 12.1. The predicted molar refractivity (Wildman–Crippen MR) is 151 cm³/mol. The number of piperidine rings is 1. The van der Waals surface area contributed by atoms with Crippen molar-refractivity contribution in [3.8, 4) is 11.5 Å². The van der Waals surface area contributed by atoms with Crippen LogP contribution in [-0.2, 0) is 26.2 Å². The van der Waals surface area contributed by atoms with Gasteiger partial charge < -0.3 is 19.7 Å². The number of sulfonamides is 1. The van der Waals surface area contributed by atoms with E-state index >= 15 is 0 Å². The Morgan fingerprint density at radius 3 is 2.45 bits per heavy atom. The molecule has 2 aliphatic rings. The Morgan fingerprint density at radius 1 is 0.975 bits per heavy atom. The Hall–Kier alpha value is -3.89. The van der Waals surface area contributed by atoms with Crippen LogP contribution in [0.25, 0.3) is 0 Å². The van der Waals surface area contributed by atoms with Gasteiger partial charge in [0.2, 0.25) is 15.9 Å². The van der Waals surface area contributed by atoms with Crippen LogP contribution >= 0.6 is 0 Å². The van der Waals surface area contributed by atoms with Crippen LogP contribution in [0.4, 0.5) is 5.69 Å². The van der Waals surface area contributed by atoms with E-state index in [9.17, 15) is 18.0 Å². The van der Waals surface area contributed by atoms with Crippen molar-refractivity contribution in [1.29, 1.82) is 0 Å². The molecule has 9 nitrogen and oxygen atoms in total. The molecule has 2 amide bonds. The number of carbonyl (C=O) groups is 2. The predicted octanol–water partition coefficient (Wildman–Crippen LogP) is 3.60. The number of hydrogen-bond acceptors (Lipinski definition) is 6. The molecule has 2 aliphatic heterocycles. The zero-order chi connectivity index (χ0) is 28.1. The number of para-hydroxylation sites is 2. The van der Waals surface area contributed by atoms with Crippen LogP contribution in [0.1, 0.15) is 25.3 Å². The van der Waals surface area contributed by atoms with Crippen molar-refractivity contribution >= 4 is 27.5 Å². The summed E-state index contributed by atoms with van der Waals surface area (Å²) in [5.74, 6) is -0.0498. The van der Waals surface area contributed by atoms with Crippen molar-refractivity contribution in [2.24, 2.45) is 5.92 Å². The van der Waals surface area contributed by atoms with Gasteiger partial charge in [0.15, 0.2) is 6.10 Å². The molecule has 210 valence electrons. The average Bonchev–Trinajstić information content (AvgIpc) is 3.00. The zero-order valence-corrected chi connectivity index (χ0v) is 23.2. The summed E-state index contributed by atoms with van der Waals surface area (Å²) in [5.41, 5.74) is 1.53. The lowest BCUT2D eigenvalue weighted by Crippen LogP contribution is -2.53. The van der Waals surface area contributed by atoms with Crippen molar-refractivity contribution in [2.45, 2.75) is 37.3 Å². The van der Waals surface area contributed by atoms with Crippen molar-refractivity contribution in [1.82, 2.24) is 9.62 Å². The van der Waals surface area contributed by atoms with E-state index < -0.39 is 22.0 Å². The second-order valence-electron chi connectivity index (χ2n) is 9.83. The number of rotatable bonds is 8. The first-order chi connectivity index (χ1) is 19.4. The number of carbonyl (C=O) groups excluding carboxylic acids is 2. The third-order valence-corrected chi connectivity index (χ3v) is 9.03. The maximum absolute atomic E-state index is 13.9. The third kappa shape index (κ3) is 5.97. The van der Waals surface area contributed by atoms with Crippen molar-refractivity contribution in [3.63, 3.8) is 0 Å². The van der Waals surface area contributed by atoms with Crippen LogP contribution in [-0.4, -0.2) is 56.9 Å². The number of hydrogen-bond donors (Lipinski definition) is 1. The first-order valence-corrected chi connectivity index (χ1v) is 14.9. The van der Waals surface area contributed by atoms with E-state index in [1.165, 1.54) is 16.4 Å². The number of benzene rings is 3. The monoisotopic (exact) mass is 563 g/mol. The molecular formula is C30H33N3O6S. The highest BCUT2D eigenvalue weighted by Crippen LogP contribution is 2.35. The number of amides is 2. The highest BCUT2D eigenvalue weighted by atomic mass is 32.2. The third-order valence-electron chi connectivity index (χ3n) is 7.15. The molecule has 1 saturated heterocycles. The molecule has 3 aromatic rings. The summed E-state index contributed by atoms with van der Waals surface area (Å²) in [6.07, 6.45) is 0.216. The molecule has 0 radical (unpaired) electrons. The van der Waals surface area contributed by atoms with Gasteiger partial charge >= 0.3 is 0 Å². The molecule has 5 rings (SSSR count). The van der Waals surface area contributed by atoms with Crippen LogP contribution in [0, 0.1) is 5.92 Å². The summed E-state index contributed by atoms with van der Waals surface area (Å²) in [4.78, 5) is 28.7. The number of fused-ring (bicyclic) bond motifs is 1. The zero-order valence-electron chi connectivity index (χ0n) is 22.4. The number of ether oxygens (including phenoxy) is 2. The van der Waals surface area contributed by atoms with Crippen LogP contribution < -0.4 is 19.7 Å². The molecule has 0 aromatic heterocycles. The van der Waals surface area contributed by atoms with E-state index in [1.807, 2.05) is 43.3 Å². The van der Waals surface area contributed by atoms with Crippen molar-refractivity contribution in [2.75, 3.05) is 31.1 Å². The molecule has 0 saturated carbocycles. The Kier molecular flexibility index (Phi) is 8.37. The highest BCUT2D eigenvalue weighted by Gasteiger charge is 2.39. The first kappa shape index (κ1) is 27.7. The van der Waals surface area contributed by atoms with E-state index in [0.717, 1.165) is 5.56 Å².